The summed E-state index contributed by atoms with van der Waals surface area (Å²) in [6.45, 7) is 6.26. The van der Waals surface area contributed by atoms with E-state index in [-0.39, 0.29) is 11.7 Å². The number of hydrogen-bond donors (Lipinski definition) is 2. The van der Waals surface area contributed by atoms with Gasteiger partial charge in [0.1, 0.15) is 0 Å². The normalized spacial score (nSPS) is 20.2. The molecule has 0 aliphatic carbocycles. The summed E-state index contributed by atoms with van der Waals surface area (Å²) in [5, 5.41) is 12.2. The van der Waals surface area contributed by atoms with E-state index in [4.69, 9.17) is 9.84 Å². The molecule has 1 fully saturated rings. The van der Waals surface area contributed by atoms with Gasteiger partial charge < -0.3 is 15.2 Å². The maximum absolute atomic E-state index is 11.1. The van der Waals surface area contributed by atoms with Crippen LogP contribution < -0.4 is 5.32 Å². The number of aromatic carboxylic acids is 1. The molecule has 1 aromatic heterocycles. The van der Waals surface area contributed by atoms with Gasteiger partial charge in [-0.25, -0.2) is 4.79 Å². The van der Waals surface area contributed by atoms with E-state index >= 15 is 0 Å². The summed E-state index contributed by atoms with van der Waals surface area (Å²) in [4.78, 5) is 17.3. The first-order chi connectivity index (χ1) is 9.20. The summed E-state index contributed by atoms with van der Waals surface area (Å²) in [5.74, 6) is -0.954. The molecule has 19 heavy (non-hydrogen) atoms. The molecule has 0 radical (unpaired) electrons. The number of nitrogens with one attached hydrogen (secondary N) is 1. The monoisotopic (exact) mass is 265 g/mol. The second kappa shape index (κ2) is 6.49. The van der Waals surface area contributed by atoms with Gasteiger partial charge in [-0.2, -0.15) is 0 Å². The van der Waals surface area contributed by atoms with Crippen LogP contribution in [0.3, 0.4) is 0 Å². The number of hydrogen-bond acceptors (Lipinski definition) is 5. The highest BCUT2D eigenvalue weighted by Crippen LogP contribution is 2.14. The van der Waals surface area contributed by atoms with Crippen molar-refractivity contribution >= 4 is 11.7 Å². The standard InChI is InChI=1S/C13H19N3O3/c1-2-16-5-6-19-10(9-16)7-15-12-8-14-4-3-11(12)13(17)18/h3-4,8,10,15H,2,5-7,9H2,1H3,(H,17,18). The lowest BCUT2D eigenvalue weighted by Crippen LogP contribution is -2.45. The molecule has 2 rings (SSSR count). The van der Waals surface area contributed by atoms with Crippen molar-refractivity contribution in [1.29, 1.82) is 0 Å². The fourth-order valence-corrected chi connectivity index (χ4v) is 2.14. The minimum absolute atomic E-state index is 0.0792. The van der Waals surface area contributed by atoms with E-state index in [0.29, 0.717) is 12.2 Å². The average molecular weight is 265 g/mol. The summed E-state index contributed by atoms with van der Waals surface area (Å²) in [5.41, 5.74) is 0.769. The third-order valence-electron chi connectivity index (χ3n) is 3.24. The maximum Gasteiger partial charge on any atom is 0.337 e. The third-order valence-corrected chi connectivity index (χ3v) is 3.24. The number of pyridine rings is 1. The molecule has 2 heterocycles. The van der Waals surface area contributed by atoms with Gasteiger partial charge in [-0.1, -0.05) is 6.92 Å². The van der Waals surface area contributed by atoms with Gasteiger partial charge in [-0.3, -0.25) is 9.88 Å². The van der Waals surface area contributed by atoms with Gasteiger partial charge in [0.2, 0.25) is 0 Å². The van der Waals surface area contributed by atoms with Gasteiger partial charge in [0.25, 0.3) is 0 Å². The van der Waals surface area contributed by atoms with Crippen LogP contribution in [-0.2, 0) is 4.74 Å². The molecule has 1 aliphatic rings. The number of morpholine rings is 1. The van der Waals surface area contributed by atoms with Crippen LogP contribution in [0.25, 0.3) is 0 Å². The molecule has 104 valence electrons. The van der Waals surface area contributed by atoms with Crippen LogP contribution >= 0.6 is 0 Å². The van der Waals surface area contributed by atoms with Crippen molar-refractivity contribution in [1.82, 2.24) is 9.88 Å². The molecule has 1 saturated heterocycles. The molecule has 1 unspecified atom stereocenters. The SMILES string of the molecule is CCN1CCOC(CNc2cnccc2C(=O)O)C1. The van der Waals surface area contributed by atoms with Crippen molar-refractivity contribution < 1.29 is 14.6 Å². The summed E-state index contributed by atoms with van der Waals surface area (Å²) in [7, 11) is 0. The summed E-state index contributed by atoms with van der Waals surface area (Å²) in [6, 6.07) is 1.49. The molecule has 0 aromatic carbocycles. The summed E-state index contributed by atoms with van der Waals surface area (Å²) >= 11 is 0. The van der Waals surface area contributed by atoms with E-state index in [1.807, 2.05) is 0 Å². The smallest absolute Gasteiger partial charge is 0.337 e. The van der Waals surface area contributed by atoms with Crippen molar-refractivity contribution in [2.24, 2.45) is 0 Å². The Hall–Kier alpha value is -1.66. The predicted octanol–water partition coefficient (Wildman–Crippen LogP) is 0.912. The van der Waals surface area contributed by atoms with Crippen LogP contribution in [-0.4, -0.2) is 59.8 Å². The van der Waals surface area contributed by atoms with Gasteiger partial charge in [-0.15, -0.1) is 0 Å². The molecule has 0 spiro atoms. The molecular weight excluding hydrogens is 246 g/mol. The van der Waals surface area contributed by atoms with E-state index in [1.165, 1.54) is 18.5 Å². The minimum Gasteiger partial charge on any atom is -0.478 e. The van der Waals surface area contributed by atoms with Crippen molar-refractivity contribution in [3.05, 3.63) is 24.0 Å². The van der Waals surface area contributed by atoms with Crippen LogP contribution in [0.15, 0.2) is 18.5 Å². The Labute approximate surface area is 112 Å². The first-order valence-electron chi connectivity index (χ1n) is 6.46. The largest absolute Gasteiger partial charge is 0.478 e. The Balaban J connectivity index is 1.93. The van der Waals surface area contributed by atoms with Crippen LogP contribution in [0.5, 0.6) is 0 Å². The Bertz CT molecular complexity index is 439. The molecule has 0 bridgehead atoms. The van der Waals surface area contributed by atoms with Crippen molar-refractivity contribution in [3.8, 4) is 0 Å². The van der Waals surface area contributed by atoms with Gasteiger partial charge in [0.05, 0.1) is 30.2 Å². The van der Waals surface area contributed by atoms with Gasteiger partial charge in [0, 0.05) is 25.8 Å². The number of likely N-dealkylation sites (N-methyl/N-ethyl adjacent to an activating group) is 1. The first-order valence-corrected chi connectivity index (χ1v) is 6.46. The van der Waals surface area contributed by atoms with Crippen LogP contribution in [0.1, 0.15) is 17.3 Å². The van der Waals surface area contributed by atoms with Crippen LogP contribution in [0, 0.1) is 0 Å². The molecule has 1 aromatic rings. The predicted molar refractivity (Wildman–Crippen MR) is 71.5 cm³/mol. The number of carbonyl (C=O) groups is 1. The maximum atomic E-state index is 11.1. The Kier molecular flexibility index (Phi) is 4.70. The van der Waals surface area contributed by atoms with Crippen molar-refractivity contribution in [3.63, 3.8) is 0 Å². The van der Waals surface area contributed by atoms with Gasteiger partial charge >= 0.3 is 5.97 Å². The molecule has 0 amide bonds. The number of ether oxygens (including phenoxy) is 1. The highest BCUT2D eigenvalue weighted by molar-refractivity contribution is 5.93. The zero-order chi connectivity index (χ0) is 13.7. The number of anilines is 1. The lowest BCUT2D eigenvalue weighted by molar-refractivity contribution is -0.0191. The van der Waals surface area contributed by atoms with Crippen molar-refractivity contribution in [2.75, 3.05) is 38.1 Å². The lowest BCUT2D eigenvalue weighted by atomic mass is 10.2. The fraction of sp³-hybridized carbons (Fsp3) is 0.538. The van der Waals surface area contributed by atoms with E-state index in [9.17, 15) is 4.79 Å². The molecule has 1 aliphatic heterocycles. The molecule has 1 atom stereocenters. The zero-order valence-electron chi connectivity index (χ0n) is 11.0. The van der Waals surface area contributed by atoms with E-state index < -0.39 is 5.97 Å². The van der Waals surface area contributed by atoms with E-state index in [1.54, 1.807) is 0 Å². The third kappa shape index (κ3) is 3.65. The molecule has 0 saturated carbocycles. The van der Waals surface area contributed by atoms with Crippen molar-refractivity contribution in [2.45, 2.75) is 13.0 Å². The van der Waals surface area contributed by atoms with E-state index in [2.05, 4.69) is 22.1 Å². The quantitative estimate of drug-likeness (QED) is 0.824. The van der Waals surface area contributed by atoms with Gasteiger partial charge in [-0.05, 0) is 12.6 Å². The lowest BCUT2D eigenvalue weighted by Gasteiger charge is -2.32. The molecule has 6 heteroatoms. The van der Waals surface area contributed by atoms with E-state index in [0.717, 1.165) is 26.2 Å². The van der Waals surface area contributed by atoms with Crippen LogP contribution in [0.2, 0.25) is 0 Å². The topological polar surface area (TPSA) is 74.7 Å². The number of carboxylic acid groups (broad SMARTS) is 1. The second-order valence-corrected chi connectivity index (χ2v) is 4.49. The minimum atomic E-state index is -0.954. The molecule has 6 nitrogen and oxygen atoms in total. The molecule has 2 N–H and O–H groups in total. The molecular formula is C13H19N3O3. The number of nitrogens with zero attached hydrogens (tertiary/aromatic N) is 2. The fourth-order valence-electron chi connectivity index (χ4n) is 2.14. The number of aromatic nitrogens is 1. The second-order valence-electron chi connectivity index (χ2n) is 4.49. The first kappa shape index (κ1) is 13.8. The number of rotatable bonds is 5. The summed E-state index contributed by atoms with van der Waals surface area (Å²) < 4.78 is 5.66. The Morgan fingerprint density at radius 1 is 1.68 bits per heavy atom. The highest BCUT2D eigenvalue weighted by Gasteiger charge is 2.19. The summed E-state index contributed by atoms with van der Waals surface area (Å²) in [6.07, 6.45) is 3.09. The average Bonchev–Trinajstić information content (AvgIpc) is 2.45. The Morgan fingerprint density at radius 3 is 3.26 bits per heavy atom. The number of carboxylic acids is 1. The zero-order valence-corrected chi connectivity index (χ0v) is 11.0. The van der Waals surface area contributed by atoms with Gasteiger partial charge in [0.15, 0.2) is 0 Å². The van der Waals surface area contributed by atoms with Crippen LogP contribution in [0.4, 0.5) is 5.69 Å². The Morgan fingerprint density at radius 2 is 2.53 bits per heavy atom. The highest BCUT2D eigenvalue weighted by atomic mass is 16.5.